The number of carbonyl (C=O) groups is 1. The van der Waals surface area contributed by atoms with Crippen molar-refractivity contribution in [3.63, 3.8) is 0 Å². The third-order valence-corrected chi connectivity index (χ3v) is 1.83. The Bertz CT molecular complexity index is 325. The zero-order valence-electron chi connectivity index (χ0n) is 8.58. The monoisotopic (exact) mass is 215 g/mol. The summed E-state index contributed by atoms with van der Waals surface area (Å²) < 4.78 is 6.60. The van der Waals surface area contributed by atoms with Gasteiger partial charge in [0.25, 0.3) is 0 Å². The number of hydrogen-bond donors (Lipinski definition) is 0. The molecule has 0 aliphatic heterocycles. The lowest BCUT2D eigenvalue weighted by atomic mass is 10.2. The number of nitrogens with zero attached hydrogens (tertiary/aromatic N) is 1. The summed E-state index contributed by atoms with van der Waals surface area (Å²) in [5.74, 6) is 0.298. The highest BCUT2D eigenvalue weighted by atomic mass is 35.5. The highest BCUT2D eigenvalue weighted by molar-refractivity contribution is 6.17. The second-order valence-corrected chi connectivity index (χ2v) is 4.25. The molecule has 0 spiro atoms. The Labute approximate surface area is 88.6 Å². The van der Waals surface area contributed by atoms with E-state index in [0.29, 0.717) is 5.88 Å². The Morgan fingerprint density at radius 1 is 1.57 bits per heavy atom. The van der Waals surface area contributed by atoms with Gasteiger partial charge >= 0.3 is 6.09 Å². The molecule has 0 aromatic carbocycles. The minimum Gasteiger partial charge on any atom is -0.443 e. The van der Waals surface area contributed by atoms with Gasteiger partial charge in [-0.05, 0) is 32.9 Å². The van der Waals surface area contributed by atoms with Crippen molar-refractivity contribution < 1.29 is 9.53 Å². The van der Waals surface area contributed by atoms with Gasteiger partial charge in [0.15, 0.2) is 0 Å². The first-order valence-corrected chi connectivity index (χ1v) is 4.93. The van der Waals surface area contributed by atoms with E-state index < -0.39 is 11.7 Å². The van der Waals surface area contributed by atoms with Crippen molar-refractivity contribution in [3.05, 3.63) is 24.0 Å². The molecule has 0 aliphatic carbocycles. The van der Waals surface area contributed by atoms with Gasteiger partial charge in [-0.3, -0.25) is 4.57 Å². The molecule has 1 aromatic heterocycles. The smallest absolute Gasteiger partial charge is 0.418 e. The van der Waals surface area contributed by atoms with E-state index in [0.717, 1.165) is 5.69 Å². The highest BCUT2D eigenvalue weighted by Crippen LogP contribution is 2.12. The van der Waals surface area contributed by atoms with Crippen LogP contribution in [0.15, 0.2) is 18.3 Å². The number of rotatable bonds is 1. The predicted molar refractivity (Wildman–Crippen MR) is 55.6 cm³/mol. The molecule has 0 N–H and O–H groups in total. The van der Waals surface area contributed by atoms with Gasteiger partial charge in [0.2, 0.25) is 0 Å². The van der Waals surface area contributed by atoms with Gasteiger partial charge in [0, 0.05) is 11.9 Å². The summed E-state index contributed by atoms with van der Waals surface area (Å²) in [6, 6.07) is 3.55. The van der Waals surface area contributed by atoms with Crippen molar-refractivity contribution in [1.29, 1.82) is 0 Å². The van der Waals surface area contributed by atoms with Crippen LogP contribution in [0, 0.1) is 0 Å². The van der Waals surface area contributed by atoms with E-state index in [2.05, 4.69) is 0 Å². The number of aromatic nitrogens is 1. The fourth-order valence-electron chi connectivity index (χ4n) is 1.01. The van der Waals surface area contributed by atoms with Gasteiger partial charge in [0.1, 0.15) is 5.60 Å². The predicted octanol–water partition coefficient (Wildman–Crippen LogP) is 3.01. The van der Waals surface area contributed by atoms with Gasteiger partial charge in [0.05, 0.1) is 5.88 Å². The van der Waals surface area contributed by atoms with Crippen LogP contribution >= 0.6 is 11.6 Å². The van der Waals surface area contributed by atoms with Crippen molar-refractivity contribution in [2.24, 2.45) is 0 Å². The average Bonchev–Trinajstić information content (AvgIpc) is 2.47. The van der Waals surface area contributed by atoms with E-state index in [4.69, 9.17) is 16.3 Å². The second kappa shape index (κ2) is 4.05. The molecule has 3 nitrogen and oxygen atoms in total. The minimum absolute atomic E-state index is 0.298. The van der Waals surface area contributed by atoms with Gasteiger partial charge < -0.3 is 4.74 Å². The molecule has 0 atom stereocenters. The van der Waals surface area contributed by atoms with Crippen LogP contribution in [0.4, 0.5) is 4.79 Å². The van der Waals surface area contributed by atoms with Crippen molar-refractivity contribution in [2.45, 2.75) is 32.3 Å². The number of alkyl halides is 1. The fourth-order valence-corrected chi connectivity index (χ4v) is 1.23. The molecule has 0 saturated heterocycles. The maximum absolute atomic E-state index is 11.6. The van der Waals surface area contributed by atoms with E-state index in [-0.39, 0.29) is 0 Å². The Morgan fingerprint density at radius 2 is 2.21 bits per heavy atom. The largest absolute Gasteiger partial charge is 0.443 e. The third kappa shape index (κ3) is 2.77. The van der Waals surface area contributed by atoms with E-state index in [9.17, 15) is 4.79 Å². The zero-order valence-corrected chi connectivity index (χ0v) is 9.34. The first kappa shape index (κ1) is 11.1. The summed E-state index contributed by atoms with van der Waals surface area (Å²) in [6.07, 6.45) is 1.25. The molecule has 0 saturated carbocycles. The molecule has 0 unspecified atom stereocenters. The Morgan fingerprint density at radius 3 is 2.71 bits per heavy atom. The summed E-state index contributed by atoms with van der Waals surface area (Å²) in [4.78, 5) is 11.6. The summed E-state index contributed by atoms with van der Waals surface area (Å²) in [5.41, 5.74) is 0.256. The number of ether oxygens (including phenoxy) is 1. The molecule has 0 amide bonds. The SMILES string of the molecule is CC(C)(C)OC(=O)n1cccc1CCl. The fraction of sp³-hybridized carbons (Fsp3) is 0.500. The Kier molecular flexibility index (Phi) is 3.21. The highest BCUT2D eigenvalue weighted by Gasteiger charge is 2.18. The number of carbonyl (C=O) groups excluding carboxylic acids is 1. The first-order chi connectivity index (χ1) is 6.44. The number of halogens is 1. The molecule has 78 valence electrons. The summed E-state index contributed by atoms with van der Waals surface area (Å²) >= 11 is 5.66. The van der Waals surface area contributed by atoms with E-state index in [1.54, 1.807) is 18.3 Å². The average molecular weight is 216 g/mol. The molecule has 0 bridgehead atoms. The molecule has 0 radical (unpaired) electrons. The Hall–Kier alpha value is -0.960. The van der Waals surface area contributed by atoms with Gasteiger partial charge in [-0.1, -0.05) is 0 Å². The molecular weight excluding hydrogens is 202 g/mol. The maximum Gasteiger partial charge on any atom is 0.418 e. The van der Waals surface area contributed by atoms with E-state index >= 15 is 0 Å². The summed E-state index contributed by atoms with van der Waals surface area (Å²) in [5, 5.41) is 0. The third-order valence-electron chi connectivity index (χ3n) is 1.56. The molecule has 1 rings (SSSR count). The topological polar surface area (TPSA) is 31.2 Å². The van der Waals surface area contributed by atoms with Gasteiger partial charge in [-0.2, -0.15) is 0 Å². The van der Waals surface area contributed by atoms with E-state index in [1.807, 2.05) is 20.8 Å². The lowest BCUT2D eigenvalue weighted by Crippen LogP contribution is -2.27. The quantitative estimate of drug-likeness (QED) is 0.675. The number of hydrogen-bond acceptors (Lipinski definition) is 2. The zero-order chi connectivity index (χ0) is 10.8. The first-order valence-electron chi connectivity index (χ1n) is 4.39. The normalized spacial score (nSPS) is 11.4. The van der Waals surface area contributed by atoms with Gasteiger partial charge in [-0.25, -0.2) is 4.79 Å². The van der Waals surface area contributed by atoms with Crippen LogP contribution in [0.25, 0.3) is 0 Å². The summed E-state index contributed by atoms with van der Waals surface area (Å²) in [6.45, 7) is 5.48. The maximum atomic E-state index is 11.6. The van der Waals surface area contributed by atoms with Crippen molar-refractivity contribution >= 4 is 17.7 Å². The van der Waals surface area contributed by atoms with Crippen LogP contribution in [-0.4, -0.2) is 16.3 Å². The van der Waals surface area contributed by atoms with Crippen molar-refractivity contribution in [1.82, 2.24) is 4.57 Å². The second-order valence-electron chi connectivity index (χ2n) is 3.98. The van der Waals surface area contributed by atoms with Crippen LogP contribution in [-0.2, 0) is 10.6 Å². The van der Waals surface area contributed by atoms with Crippen LogP contribution in [0.2, 0.25) is 0 Å². The van der Waals surface area contributed by atoms with Crippen LogP contribution < -0.4 is 0 Å². The van der Waals surface area contributed by atoms with Gasteiger partial charge in [-0.15, -0.1) is 11.6 Å². The molecule has 1 heterocycles. The summed E-state index contributed by atoms with van der Waals surface area (Å²) in [7, 11) is 0. The minimum atomic E-state index is -0.481. The standard InChI is InChI=1S/C10H14ClNO2/c1-10(2,3)14-9(13)12-6-4-5-8(12)7-11/h4-6H,7H2,1-3H3. The van der Waals surface area contributed by atoms with Crippen LogP contribution in [0.1, 0.15) is 26.5 Å². The lowest BCUT2D eigenvalue weighted by Gasteiger charge is -2.20. The molecule has 0 fully saturated rings. The lowest BCUT2D eigenvalue weighted by molar-refractivity contribution is 0.0534. The molecule has 14 heavy (non-hydrogen) atoms. The van der Waals surface area contributed by atoms with Crippen LogP contribution in [0.5, 0.6) is 0 Å². The van der Waals surface area contributed by atoms with Crippen molar-refractivity contribution in [2.75, 3.05) is 0 Å². The Balaban J connectivity index is 2.80. The molecule has 0 aliphatic rings. The van der Waals surface area contributed by atoms with Crippen LogP contribution in [0.3, 0.4) is 0 Å². The van der Waals surface area contributed by atoms with E-state index in [1.165, 1.54) is 4.57 Å². The molecule has 4 heteroatoms. The molecular formula is C10H14ClNO2. The molecule has 1 aromatic rings. The van der Waals surface area contributed by atoms with Crippen molar-refractivity contribution in [3.8, 4) is 0 Å².